The van der Waals surface area contributed by atoms with Crippen LogP contribution >= 0.6 is 0 Å². The fourth-order valence-corrected chi connectivity index (χ4v) is 2.98. The molecule has 0 spiro atoms. The summed E-state index contributed by atoms with van der Waals surface area (Å²) in [6, 6.07) is 5.98. The third-order valence-electron chi connectivity index (χ3n) is 3.44. The number of rotatable bonds is 5. The summed E-state index contributed by atoms with van der Waals surface area (Å²) in [5.41, 5.74) is 2.14. The number of carbonyl (C=O) groups excluding carboxylic acids is 1. The van der Waals surface area contributed by atoms with Crippen molar-refractivity contribution >= 4 is 5.91 Å². The Balaban J connectivity index is 2.69. The monoisotopic (exact) mass is 305 g/mol. The van der Waals surface area contributed by atoms with E-state index in [2.05, 4.69) is 46.0 Å². The highest BCUT2D eigenvalue weighted by Gasteiger charge is 2.29. The van der Waals surface area contributed by atoms with E-state index in [1.807, 2.05) is 26.0 Å². The van der Waals surface area contributed by atoms with Gasteiger partial charge in [-0.15, -0.1) is 0 Å². The van der Waals surface area contributed by atoms with Gasteiger partial charge in [0.05, 0.1) is 0 Å². The van der Waals surface area contributed by atoms with Gasteiger partial charge in [-0.3, -0.25) is 4.79 Å². The molecule has 1 N–H and O–H groups in total. The molecule has 0 aliphatic heterocycles. The average Bonchev–Trinajstić information content (AvgIpc) is 2.28. The van der Waals surface area contributed by atoms with Gasteiger partial charge in [0.1, 0.15) is 5.75 Å². The molecule has 0 fully saturated rings. The Labute approximate surface area is 135 Å². The fraction of sp³-hybridized carbons (Fsp3) is 0.632. The SMILES string of the molecule is Cc1ccc(O[C@@H](C)C(=O)NC(C)(C)CC(C)(C)C)c(C)c1. The number of ether oxygens (including phenoxy) is 1. The fourth-order valence-electron chi connectivity index (χ4n) is 2.98. The lowest BCUT2D eigenvalue weighted by Gasteiger charge is -2.34. The Morgan fingerprint density at radius 1 is 1.18 bits per heavy atom. The van der Waals surface area contributed by atoms with Crippen LogP contribution in [0.1, 0.15) is 59.1 Å². The van der Waals surface area contributed by atoms with E-state index in [4.69, 9.17) is 4.74 Å². The number of aryl methyl sites for hydroxylation is 2. The summed E-state index contributed by atoms with van der Waals surface area (Å²) in [6.45, 7) is 16.5. The molecule has 1 amide bonds. The first-order chi connectivity index (χ1) is 9.89. The molecule has 0 saturated heterocycles. The van der Waals surface area contributed by atoms with Crippen LogP contribution in [0.5, 0.6) is 5.75 Å². The van der Waals surface area contributed by atoms with Crippen LogP contribution in [0.3, 0.4) is 0 Å². The van der Waals surface area contributed by atoms with Crippen LogP contribution < -0.4 is 10.1 Å². The molecule has 124 valence electrons. The van der Waals surface area contributed by atoms with Gasteiger partial charge in [0, 0.05) is 5.54 Å². The Hall–Kier alpha value is -1.51. The van der Waals surface area contributed by atoms with Crippen LogP contribution in [-0.4, -0.2) is 17.6 Å². The Morgan fingerprint density at radius 3 is 2.27 bits per heavy atom. The molecule has 3 heteroatoms. The lowest BCUT2D eigenvalue weighted by Crippen LogP contribution is -2.50. The minimum absolute atomic E-state index is 0.0748. The largest absolute Gasteiger partial charge is 0.481 e. The highest BCUT2D eigenvalue weighted by molar-refractivity contribution is 5.81. The topological polar surface area (TPSA) is 38.3 Å². The Bertz CT molecular complexity index is 527. The summed E-state index contributed by atoms with van der Waals surface area (Å²) >= 11 is 0. The van der Waals surface area contributed by atoms with Crippen molar-refractivity contribution in [3.8, 4) is 5.75 Å². The summed E-state index contributed by atoms with van der Waals surface area (Å²) < 4.78 is 5.83. The molecule has 0 bridgehead atoms. The van der Waals surface area contributed by atoms with Crippen LogP contribution in [-0.2, 0) is 4.79 Å². The number of amides is 1. The first kappa shape index (κ1) is 18.5. The second kappa shape index (κ2) is 6.72. The van der Waals surface area contributed by atoms with E-state index in [0.717, 1.165) is 17.7 Å². The molecule has 1 rings (SSSR count). The van der Waals surface area contributed by atoms with Crippen LogP contribution in [0.4, 0.5) is 0 Å². The van der Waals surface area contributed by atoms with Gasteiger partial charge in [-0.1, -0.05) is 38.5 Å². The van der Waals surface area contributed by atoms with Gasteiger partial charge in [-0.05, 0) is 58.1 Å². The predicted molar refractivity (Wildman–Crippen MR) is 92.3 cm³/mol. The molecule has 1 atom stereocenters. The second-order valence-corrected chi connectivity index (χ2v) is 8.14. The maximum absolute atomic E-state index is 12.4. The van der Waals surface area contributed by atoms with Gasteiger partial charge in [-0.2, -0.15) is 0 Å². The van der Waals surface area contributed by atoms with Gasteiger partial charge in [-0.25, -0.2) is 0 Å². The Morgan fingerprint density at radius 2 is 1.77 bits per heavy atom. The lowest BCUT2D eigenvalue weighted by molar-refractivity contribution is -0.129. The molecule has 1 aromatic rings. The van der Waals surface area contributed by atoms with Gasteiger partial charge < -0.3 is 10.1 Å². The van der Waals surface area contributed by atoms with E-state index in [0.29, 0.717) is 0 Å². The van der Waals surface area contributed by atoms with Crippen molar-refractivity contribution in [1.29, 1.82) is 0 Å². The number of benzene rings is 1. The number of hydrogen-bond acceptors (Lipinski definition) is 2. The first-order valence-electron chi connectivity index (χ1n) is 7.96. The molecule has 3 nitrogen and oxygen atoms in total. The maximum atomic E-state index is 12.4. The molecule has 0 saturated carbocycles. The van der Waals surface area contributed by atoms with Crippen LogP contribution in [0, 0.1) is 19.3 Å². The third kappa shape index (κ3) is 6.08. The molecular weight excluding hydrogens is 274 g/mol. The molecule has 0 aromatic heterocycles. The quantitative estimate of drug-likeness (QED) is 0.875. The highest BCUT2D eigenvalue weighted by Crippen LogP contribution is 2.27. The van der Waals surface area contributed by atoms with Crippen molar-refractivity contribution in [3.05, 3.63) is 29.3 Å². The van der Waals surface area contributed by atoms with Crippen molar-refractivity contribution in [2.45, 2.75) is 73.5 Å². The van der Waals surface area contributed by atoms with Crippen molar-refractivity contribution < 1.29 is 9.53 Å². The summed E-state index contributed by atoms with van der Waals surface area (Å²) in [4.78, 5) is 12.4. The molecule has 0 aliphatic rings. The minimum atomic E-state index is -0.513. The predicted octanol–water partition coefficient (Wildman–Crippen LogP) is 4.40. The lowest BCUT2D eigenvalue weighted by atomic mass is 9.81. The summed E-state index contributed by atoms with van der Waals surface area (Å²) in [7, 11) is 0. The molecule has 22 heavy (non-hydrogen) atoms. The zero-order valence-corrected chi connectivity index (χ0v) is 15.3. The first-order valence-corrected chi connectivity index (χ1v) is 7.96. The second-order valence-electron chi connectivity index (χ2n) is 8.14. The Kier molecular flexibility index (Phi) is 5.66. The third-order valence-corrected chi connectivity index (χ3v) is 3.44. The van der Waals surface area contributed by atoms with Crippen molar-refractivity contribution in [2.75, 3.05) is 0 Å². The zero-order valence-electron chi connectivity index (χ0n) is 15.3. The molecule has 1 aromatic carbocycles. The van der Waals surface area contributed by atoms with E-state index in [9.17, 15) is 4.79 Å². The highest BCUT2D eigenvalue weighted by atomic mass is 16.5. The molecule has 0 radical (unpaired) electrons. The number of hydrogen-bond donors (Lipinski definition) is 1. The summed E-state index contributed by atoms with van der Waals surface area (Å²) in [6.07, 6.45) is 0.391. The van der Waals surface area contributed by atoms with Crippen LogP contribution in [0.15, 0.2) is 18.2 Å². The van der Waals surface area contributed by atoms with Crippen LogP contribution in [0.25, 0.3) is 0 Å². The van der Waals surface area contributed by atoms with E-state index < -0.39 is 6.10 Å². The van der Waals surface area contributed by atoms with E-state index in [-0.39, 0.29) is 16.9 Å². The number of carbonyl (C=O) groups is 1. The van der Waals surface area contributed by atoms with Crippen molar-refractivity contribution in [3.63, 3.8) is 0 Å². The average molecular weight is 305 g/mol. The van der Waals surface area contributed by atoms with Gasteiger partial charge >= 0.3 is 0 Å². The summed E-state index contributed by atoms with van der Waals surface area (Å²) in [5.74, 6) is 0.691. The molecular formula is C19H31NO2. The number of nitrogens with one attached hydrogen (secondary N) is 1. The molecule has 0 unspecified atom stereocenters. The van der Waals surface area contributed by atoms with Gasteiger partial charge in [0.15, 0.2) is 6.10 Å². The zero-order chi connectivity index (χ0) is 17.1. The minimum Gasteiger partial charge on any atom is -0.481 e. The van der Waals surface area contributed by atoms with E-state index in [1.54, 1.807) is 6.92 Å². The smallest absolute Gasteiger partial charge is 0.261 e. The van der Waals surface area contributed by atoms with Crippen molar-refractivity contribution in [2.24, 2.45) is 5.41 Å². The van der Waals surface area contributed by atoms with E-state index in [1.165, 1.54) is 5.56 Å². The molecule has 0 heterocycles. The van der Waals surface area contributed by atoms with E-state index >= 15 is 0 Å². The van der Waals surface area contributed by atoms with Gasteiger partial charge in [0.25, 0.3) is 5.91 Å². The van der Waals surface area contributed by atoms with Crippen molar-refractivity contribution in [1.82, 2.24) is 5.32 Å². The molecule has 0 aliphatic carbocycles. The summed E-state index contributed by atoms with van der Waals surface area (Å²) in [5, 5.41) is 3.10. The van der Waals surface area contributed by atoms with Gasteiger partial charge in [0.2, 0.25) is 0 Å². The van der Waals surface area contributed by atoms with Crippen LogP contribution in [0.2, 0.25) is 0 Å². The maximum Gasteiger partial charge on any atom is 0.261 e. The standard InChI is InChI=1S/C19H31NO2/c1-13-9-10-16(14(2)11-13)22-15(3)17(21)20-19(7,8)12-18(4,5)6/h9-11,15H,12H2,1-8H3,(H,20,21)/t15-/m0/s1. The normalized spacial score (nSPS) is 13.6.